The van der Waals surface area contributed by atoms with Gasteiger partial charge >= 0.3 is 29.8 Å². The van der Waals surface area contributed by atoms with Gasteiger partial charge in [0.2, 0.25) is 0 Å². The molecule has 0 atom stereocenters. The molecule has 0 aliphatic carbocycles. The van der Waals surface area contributed by atoms with Crippen molar-refractivity contribution < 1.29 is 67.4 Å². The first-order chi connectivity index (χ1) is 13.2. The van der Waals surface area contributed by atoms with Crippen LogP contribution in [0, 0.1) is 0 Å². The van der Waals surface area contributed by atoms with Gasteiger partial charge in [-0.25, -0.2) is 9.59 Å². The number of amides is 2. The summed E-state index contributed by atoms with van der Waals surface area (Å²) in [6, 6.07) is 1.19. The molecule has 29 heavy (non-hydrogen) atoms. The van der Waals surface area contributed by atoms with Crippen LogP contribution in [0.15, 0.2) is 0 Å². The Kier molecular flexibility index (Phi) is 22.1. The molecule has 0 unspecified atom stereocenters. The normalized spacial score (nSPS) is 11.0. The van der Waals surface area contributed by atoms with Gasteiger partial charge in [0.25, 0.3) is 0 Å². The Hall–Kier alpha value is -0.578. The third-order valence-electron chi connectivity index (χ3n) is 3.74. The van der Waals surface area contributed by atoms with E-state index < -0.39 is 29.8 Å². The summed E-state index contributed by atoms with van der Waals surface area (Å²) in [4.78, 5) is 20.3. The number of carbonyl (C=O) groups is 2. The molecule has 0 spiro atoms. The van der Waals surface area contributed by atoms with Crippen LogP contribution in [0.1, 0.15) is 12.8 Å². The molecule has 0 aromatic rings. The monoisotopic (exact) mass is 630 g/mol. The summed E-state index contributed by atoms with van der Waals surface area (Å²) >= 11 is 0. The van der Waals surface area contributed by atoms with Gasteiger partial charge in [-0.05, 0) is 12.8 Å². The van der Waals surface area contributed by atoms with Crippen LogP contribution in [0.25, 0.3) is 0 Å². The maximum atomic E-state index is 10.1. The molecule has 0 aliphatic heterocycles. The summed E-state index contributed by atoms with van der Waals surface area (Å²) in [5.41, 5.74) is 0. The van der Waals surface area contributed by atoms with Crippen LogP contribution in [-0.4, -0.2) is 95.8 Å². The molecule has 15 heteroatoms. The van der Waals surface area contributed by atoms with Gasteiger partial charge < -0.3 is 47.4 Å². The summed E-state index contributed by atoms with van der Waals surface area (Å²) < 4.78 is 31.0. The second kappa shape index (κ2) is 19.4. The molecule has 0 aromatic heterocycles. The standard InChI is InChI=1S/2C7H17NO5Si.W/c2*1-11-14(12-2,13-3)6-4-5-8-7(9)10;/h2*8H,4-6H2,1-3H3,(H,9,10);. The van der Waals surface area contributed by atoms with E-state index in [1.54, 1.807) is 0 Å². The number of nitrogens with one attached hydrogen (secondary N) is 2. The molecule has 0 saturated heterocycles. The Balaban J connectivity index is -0.000000451. The molecule has 0 saturated carbocycles. The van der Waals surface area contributed by atoms with Crippen molar-refractivity contribution in [3.8, 4) is 0 Å². The van der Waals surface area contributed by atoms with E-state index in [1.807, 2.05) is 0 Å². The van der Waals surface area contributed by atoms with Gasteiger partial charge in [-0.3, -0.25) is 0 Å². The van der Waals surface area contributed by atoms with Gasteiger partial charge in [0.1, 0.15) is 0 Å². The van der Waals surface area contributed by atoms with Gasteiger partial charge in [-0.2, -0.15) is 0 Å². The van der Waals surface area contributed by atoms with Crippen LogP contribution in [0.4, 0.5) is 9.59 Å². The van der Waals surface area contributed by atoms with Crippen molar-refractivity contribution in [1.29, 1.82) is 0 Å². The molecule has 12 nitrogen and oxygen atoms in total. The Morgan fingerprint density at radius 3 is 1.07 bits per heavy atom. The Bertz CT molecular complexity index is 375. The molecule has 0 fully saturated rings. The fourth-order valence-corrected chi connectivity index (χ4v) is 5.56. The zero-order chi connectivity index (χ0) is 22.1. The Labute approximate surface area is 188 Å². The fourth-order valence-electron chi connectivity index (χ4n) is 2.11. The molecule has 0 aromatic carbocycles. The zero-order valence-corrected chi connectivity index (χ0v) is 22.7. The van der Waals surface area contributed by atoms with Crippen LogP contribution < -0.4 is 10.6 Å². The molecule has 0 rings (SSSR count). The van der Waals surface area contributed by atoms with Crippen LogP contribution in [0.2, 0.25) is 12.1 Å². The maximum Gasteiger partial charge on any atom is 0.500 e. The molecule has 0 radical (unpaired) electrons. The van der Waals surface area contributed by atoms with Gasteiger partial charge in [0, 0.05) is 88.9 Å². The Morgan fingerprint density at radius 1 is 0.655 bits per heavy atom. The summed E-state index contributed by atoms with van der Waals surface area (Å²) in [5.74, 6) is 0. The third-order valence-corrected chi connectivity index (χ3v) is 9.40. The van der Waals surface area contributed by atoms with Crippen molar-refractivity contribution in [2.24, 2.45) is 0 Å². The van der Waals surface area contributed by atoms with Gasteiger partial charge in [-0.15, -0.1) is 0 Å². The van der Waals surface area contributed by atoms with E-state index in [2.05, 4.69) is 10.6 Å². The molecular weight excluding hydrogens is 596 g/mol. The summed E-state index contributed by atoms with van der Waals surface area (Å²) in [6.45, 7) is 0.750. The van der Waals surface area contributed by atoms with Gasteiger partial charge in [0.05, 0.1) is 0 Å². The predicted molar refractivity (Wildman–Crippen MR) is 104 cm³/mol. The molecular formula is C14H34N2O10Si2W. The minimum atomic E-state index is -2.52. The quantitative estimate of drug-likeness (QED) is 0.162. The van der Waals surface area contributed by atoms with Gasteiger partial charge in [0.15, 0.2) is 0 Å². The zero-order valence-electron chi connectivity index (χ0n) is 17.8. The number of rotatable bonds is 14. The molecule has 174 valence electrons. The van der Waals surface area contributed by atoms with E-state index in [4.69, 9.17) is 36.8 Å². The Morgan fingerprint density at radius 2 is 0.897 bits per heavy atom. The summed E-state index contributed by atoms with van der Waals surface area (Å²) in [7, 11) is 4.14. The molecule has 4 N–H and O–H groups in total. The van der Waals surface area contributed by atoms with E-state index in [0.29, 0.717) is 38.0 Å². The van der Waals surface area contributed by atoms with E-state index in [0.717, 1.165) is 0 Å². The van der Waals surface area contributed by atoms with Crippen LogP contribution in [-0.2, 0) is 47.6 Å². The van der Waals surface area contributed by atoms with Crippen molar-refractivity contribution in [3.63, 3.8) is 0 Å². The summed E-state index contributed by atoms with van der Waals surface area (Å²) in [6.07, 6.45) is -0.781. The van der Waals surface area contributed by atoms with Crippen molar-refractivity contribution >= 4 is 29.8 Å². The minimum absolute atomic E-state index is 0. The molecule has 0 bridgehead atoms. The topological polar surface area (TPSA) is 154 Å². The molecule has 0 heterocycles. The molecule has 2 amide bonds. The van der Waals surface area contributed by atoms with Crippen molar-refractivity contribution in [3.05, 3.63) is 0 Å². The van der Waals surface area contributed by atoms with Crippen molar-refractivity contribution in [2.45, 2.75) is 24.9 Å². The van der Waals surface area contributed by atoms with E-state index in [9.17, 15) is 9.59 Å². The van der Waals surface area contributed by atoms with Crippen LogP contribution in [0.5, 0.6) is 0 Å². The average molecular weight is 630 g/mol. The largest absolute Gasteiger partial charge is 0.500 e. The van der Waals surface area contributed by atoms with E-state index in [1.165, 1.54) is 42.7 Å². The van der Waals surface area contributed by atoms with Gasteiger partial charge in [-0.1, -0.05) is 0 Å². The second-order valence-electron chi connectivity index (χ2n) is 5.26. The maximum absolute atomic E-state index is 10.1. The minimum Gasteiger partial charge on any atom is -0.465 e. The SMILES string of the molecule is CO[Si](CCCNC(=O)O)(OC)OC.CO[Si](CCCNC(=O)O)(OC)OC.[W]. The third kappa shape index (κ3) is 15.9. The molecule has 0 aliphatic rings. The second-order valence-corrected chi connectivity index (χ2v) is 11.4. The van der Waals surface area contributed by atoms with E-state index >= 15 is 0 Å². The first-order valence-electron chi connectivity index (χ1n) is 8.44. The van der Waals surface area contributed by atoms with Crippen molar-refractivity contribution in [2.75, 3.05) is 55.7 Å². The van der Waals surface area contributed by atoms with E-state index in [-0.39, 0.29) is 21.1 Å². The van der Waals surface area contributed by atoms with Crippen molar-refractivity contribution in [1.82, 2.24) is 10.6 Å². The van der Waals surface area contributed by atoms with Crippen LogP contribution in [0.3, 0.4) is 0 Å². The average Bonchev–Trinajstić information content (AvgIpc) is 2.69. The number of hydrogen-bond acceptors (Lipinski definition) is 8. The number of carboxylic acid groups (broad SMARTS) is 2. The first-order valence-corrected chi connectivity index (χ1v) is 12.3. The predicted octanol–water partition coefficient (Wildman–Crippen LogP) is 1.04. The smallest absolute Gasteiger partial charge is 0.465 e. The van der Waals surface area contributed by atoms with Crippen LogP contribution >= 0.6 is 0 Å². The number of hydrogen-bond donors (Lipinski definition) is 4. The fraction of sp³-hybridized carbons (Fsp3) is 0.857. The first kappa shape index (κ1) is 33.1. The summed E-state index contributed by atoms with van der Waals surface area (Å²) in [5, 5.41) is 21.2.